The molecule has 134 valence electrons. The van der Waals surface area contributed by atoms with Gasteiger partial charge in [-0.05, 0) is 31.0 Å². The summed E-state index contributed by atoms with van der Waals surface area (Å²) in [6, 6.07) is 3.12. The summed E-state index contributed by atoms with van der Waals surface area (Å²) in [6.07, 6.45) is 2.98. The van der Waals surface area contributed by atoms with Gasteiger partial charge in [0.1, 0.15) is 0 Å². The van der Waals surface area contributed by atoms with E-state index < -0.39 is 27.0 Å². The van der Waals surface area contributed by atoms with Crippen molar-refractivity contribution in [3.8, 4) is 0 Å². The summed E-state index contributed by atoms with van der Waals surface area (Å²) < 4.78 is 41.9. The molecule has 0 radical (unpaired) electrons. The van der Waals surface area contributed by atoms with Gasteiger partial charge in [0.15, 0.2) is 0 Å². The third-order valence-electron chi connectivity index (χ3n) is 3.14. The molecule has 0 fully saturated rings. The van der Waals surface area contributed by atoms with Gasteiger partial charge in [-0.15, -0.1) is 0 Å². The molecule has 0 spiro atoms. The first kappa shape index (κ1) is 24.6. The molecule has 0 amide bonds. The van der Waals surface area contributed by atoms with Gasteiger partial charge in [0, 0.05) is 0 Å². The van der Waals surface area contributed by atoms with Crippen molar-refractivity contribution < 1.29 is 32.0 Å². The van der Waals surface area contributed by atoms with Crippen molar-refractivity contribution in [2.24, 2.45) is 0 Å². The van der Waals surface area contributed by atoms with Crippen LogP contribution in [0.2, 0.25) is 0 Å². The van der Waals surface area contributed by atoms with E-state index in [-0.39, 0.29) is 73.2 Å². The maximum Gasteiger partial charge on any atom is 2.00 e. The van der Waals surface area contributed by atoms with Crippen LogP contribution in [-0.2, 0) is 19.6 Å². The molecule has 0 aliphatic rings. The Morgan fingerprint density at radius 1 is 0.920 bits per heavy atom. The number of carbonyl (C=O) groups is 2. The Labute approximate surface area is 188 Å². The molecule has 7 nitrogen and oxygen atoms in total. The molecular formula is C16H22BaO7S+2. The molecule has 0 atom stereocenters. The number of carbonyl (C=O) groups excluding carboxylic acids is 2. The van der Waals surface area contributed by atoms with Crippen molar-refractivity contribution in [3.63, 3.8) is 0 Å². The van der Waals surface area contributed by atoms with E-state index in [1.165, 1.54) is 6.07 Å². The summed E-state index contributed by atoms with van der Waals surface area (Å²) in [4.78, 5) is 23.4. The fraction of sp³-hybridized carbons (Fsp3) is 0.500. The third kappa shape index (κ3) is 8.72. The Hall–Kier alpha value is -0.359. The number of esters is 2. The van der Waals surface area contributed by atoms with Crippen molar-refractivity contribution >= 4 is 70.9 Å². The molecule has 0 aliphatic heterocycles. The summed E-state index contributed by atoms with van der Waals surface area (Å²) in [5, 5.41) is 0. The van der Waals surface area contributed by atoms with Gasteiger partial charge in [-0.1, -0.05) is 26.7 Å². The number of rotatable bonds is 9. The Balaban J connectivity index is 0.00000576. The van der Waals surface area contributed by atoms with Gasteiger partial charge in [-0.3, -0.25) is 4.55 Å². The molecule has 0 aromatic heterocycles. The van der Waals surface area contributed by atoms with Gasteiger partial charge in [0.05, 0.1) is 29.2 Å². The minimum Gasteiger partial charge on any atom is -0.462 e. The molecule has 1 aromatic rings. The number of hydrogen-bond acceptors (Lipinski definition) is 6. The maximum absolute atomic E-state index is 12.0. The van der Waals surface area contributed by atoms with Gasteiger partial charge in [0.25, 0.3) is 10.1 Å². The van der Waals surface area contributed by atoms with E-state index in [0.29, 0.717) is 12.8 Å². The number of benzene rings is 1. The molecule has 1 N–H and O–H groups in total. The van der Waals surface area contributed by atoms with Crippen LogP contribution in [-0.4, -0.2) is 87.0 Å². The van der Waals surface area contributed by atoms with Crippen molar-refractivity contribution in [1.82, 2.24) is 0 Å². The zero-order valence-electron chi connectivity index (χ0n) is 14.5. The van der Waals surface area contributed by atoms with Gasteiger partial charge in [-0.25, -0.2) is 9.59 Å². The topological polar surface area (TPSA) is 107 Å². The van der Waals surface area contributed by atoms with E-state index in [1.54, 1.807) is 0 Å². The van der Waals surface area contributed by atoms with E-state index in [1.807, 2.05) is 13.8 Å². The van der Waals surface area contributed by atoms with Gasteiger partial charge < -0.3 is 9.47 Å². The molecule has 1 aromatic carbocycles. The van der Waals surface area contributed by atoms with Gasteiger partial charge >= 0.3 is 60.8 Å². The van der Waals surface area contributed by atoms with Crippen LogP contribution in [0.5, 0.6) is 0 Å². The van der Waals surface area contributed by atoms with E-state index in [0.717, 1.165) is 25.0 Å². The molecule has 0 saturated heterocycles. The largest absolute Gasteiger partial charge is 2.00 e. The zero-order chi connectivity index (χ0) is 18.2. The fourth-order valence-electron chi connectivity index (χ4n) is 1.77. The van der Waals surface area contributed by atoms with Crippen LogP contribution in [0, 0.1) is 0 Å². The Morgan fingerprint density at radius 3 is 1.64 bits per heavy atom. The van der Waals surface area contributed by atoms with Crippen LogP contribution in [0.25, 0.3) is 0 Å². The summed E-state index contributed by atoms with van der Waals surface area (Å²) in [5.74, 6) is -1.53. The molecule has 0 aliphatic carbocycles. The van der Waals surface area contributed by atoms with Crippen LogP contribution in [0.3, 0.4) is 0 Å². The first-order chi connectivity index (χ1) is 11.3. The summed E-state index contributed by atoms with van der Waals surface area (Å²) in [7, 11) is -4.58. The second-order valence-corrected chi connectivity index (χ2v) is 6.62. The molecule has 0 saturated carbocycles. The second-order valence-electron chi connectivity index (χ2n) is 5.20. The van der Waals surface area contributed by atoms with E-state index >= 15 is 0 Å². The second kappa shape index (κ2) is 12.1. The fourth-order valence-corrected chi connectivity index (χ4v) is 2.32. The first-order valence-corrected chi connectivity index (χ1v) is 9.20. The minimum atomic E-state index is -4.58. The summed E-state index contributed by atoms with van der Waals surface area (Å²) in [5.41, 5.74) is -0.271. The zero-order valence-corrected chi connectivity index (χ0v) is 19.7. The molecule has 0 bridgehead atoms. The minimum absolute atomic E-state index is 0. The normalized spacial score (nSPS) is 10.7. The third-order valence-corrected chi connectivity index (χ3v) is 3.97. The van der Waals surface area contributed by atoms with Crippen LogP contribution >= 0.6 is 0 Å². The quantitative estimate of drug-likeness (QED) is 0.243. The van der Waals surface area contributed by atoms with Crippen molar-refractivity contribution in [2.45, 2.75) is 44.4 Å². The molecule has 9 heteroatoms. The summed E-state index contributed by atoms with van der Waals surface area (Å²) >= 11 is 0. The van der Waals surface area contributed by atoms with E-state index in [2.05, 4.69) is 0 Å². The monoisotopic (exact) mass is 496 g/mol. The Morgan fingerprint density at radius 2 is 1.32 bits per heavy atom. The van der Waals surface area contributed by atoms with Crippen LogP contribution in [0.1, 0.15) is 60.2 Å². The molecular weight excluding hydrogens is 474 g/mol. The predicted molar refractivity (Wildman–Crippen MR) is 92.4 cm³/mol. The number of ether oxygens (including phenoxy) is 2. The standard InChI is InChI=1S/C16H22O7S.Ba/c1-3-5-7-22-15(17)12-9-13(16(18)23-8-6-4-2)11-14(10-12)24(19,20)21;/h9-11H,3-8H2,1-2H3,(H,19,20,21);/q;+2. The Kier molecular flexibility index (Phi) is 11.9. The van der Waals surface area contributed by atoms with Crippen molar-refractivity contribution in [3.05, 3.63) is 29.3 Å². The first-order valence-electron chi connectivity index (χ1n) is 7.76. The van der Waals surface area contributed by atoms with Gasteiger partial charge in [0.2, 0.25) is 0 Å². The van der Waals surface area contributed by atoms with Crippen LogP contribution in [0.4, 0.5) is 0 Å². The van der Waals surface area contributed by atoms with Gasteiger partial charge in [-0.2, -0.15) is 8.42 Å². The maximum atomic E-state index is 12.0. The van der Waals surface area contributed by atoms with Crippen molar-refractivity contribution in [1.29, 1.82) is 0 Å². The molecule has 1 rings (SSSR count). The van der Waals surface area contributed by atoms with E-state index in [9.17, 15) is 22.6 Å². The molecule has 25 heavy (non-hydrogen) atoms. The number of unbranched alkanes of at least 4 members (excludes halogenated alkanes) is 2. The van der Waals surface area contributed by atoms with Crippen LogP contribution < -0.4 is 0 Å². The average Bonchev–Trinajstić information content (AvgIpc) is 2.53. The van der Waals surface area contributed by atoms with Crippen LogP contribution in [0.15, 0.2) is 23.1 Å². The predicted octanol–water partition coefficient (Wildman–Crippen LogP) is 2.47. The van der Waals surface area contributed by atoms with Crippen molar-refractivity contribution in [2.75, 3.05) is 13.2 Å². The average molecular weight is 496 g/mol. The molecule has 0 unspecified atom stereocenters. The summed E-state index contributed by atoms with van der Waals surface area (Å²) in [6.45, 7) is 4.22. The smallest absolute Gasteiger partial charge is 0.462 e. The molecule has 0 heterocycles. The van der Waals surface area contributed by atoms with E-state index in [4.69, 9.17) is 9.47 Å². The SMILES string of the molecule is CCCCOC(=O)c1cc(C(=O)OCCCC)cc(S(=O)(=O)O)c1.[Ba+2]. The Bertz CT molecular complexity index is 645. The number of hydrogen-bond donors (Lipinski definition) is 1.